The van der Waals surface area contributed by atoms with Crippen LogP contribution in [0.3, 0.4) is 0 Å². The molecule has 2 saturated heterocycles. The Morgan fingerprint density at radius 2 is 1.39 bits per heavy atom. The molecule has 4 N–H and O–H groups in total. The Balaban J connectivity index is 1.87. The van der Waals surface area contributed by atoms with Crippen LogP contribution in [0.2, 0.25) is 0 Å². The van der Waals surface area contributed by atoms with Crippen LogP contribution in [0.4, 0.5) is 0 Å². The van der Waals surface area contributed by atoms with Crippen molar-refractivity contribution in [2.24, 2.45) is 0 Å². The van der Waals surface area contributed by atoms with E-state index in [9.17, 15) is 28.9 Å². The van der Waals surface area contributed by atoms with Gasteiger partial charge in [0.15, 0.2) is 0 Å². The van der Waals surface area contributed by atoms with E-state index in [1.807, 2.05) is 41.5 Å². The molecule has 0 spiro atoms. The van der Waals surface area contributed by atoms with Crippen molar-refractivity contribution in [3.05, 3.63) is 0 Å². The highest BCUT2D eigenvalue weighted by atomic mass is 31.2. The van der Waals surface area contributed by atoms with E-state index in [1.165, 1.54) is 4.90 Å². The fourth-order valence-electron chi connectivity index (χ4n) is 5.44. The molecule has 0 saturated carbocycles. The zero-order valence-corrected chi connectivity index (χ0v) is 28.4. The Morgan fingerprint density at radius 3 is 2.00 bits per heavy atom. The molecule has 2 aliphatic heterocycles. The first-order chi connectivity index (χ1) is 20.7. The van der Waals surface area contributed by atoms with Gasteiger partial charge in [-0.05, 0) is 52.6 Å². The van der Waals surface area contributed by atoms with E-state index in [-0.39, 0.29) is 68.7 Å². The second kappa shape index (κ2) is 19.3. The largest absolute Gasteiger partial charge is 0.472 e. The summed E-state index contributed by atoms with van der Waals surface area (Å²) in [6.07, 6.45) is 1.17. The number of rotatable bonds is 21. The lowest BCUT2D eigenvalue weighted by molar-refractivity contribution is -0.134. The molecule has 2 heterocycles. The first-order valence-corrected chi connectivity index (χ1v) is 17.7. The fourth-order valence-corrected chi connectivity index (χ4v) is 6.39. The molecule has 14 heteroatoms. The van der Waals surface area contributed by atoms with Crippen molar-refractivity contribution in [3.63, 3.8) is 0 Å². The third-order valence-corrected chi connectivity index (χ3v) is 8.71. The highest BCUT2D eigenvalue weighted by Crippen LogP contribution is 2.47. The first-order valence-electron chi connectivity index (χ1n) is 16.2. The van der Waals surface area contributed by atoms with Crippen LogP contribution in [0.5, 0.6) is 0 Å². The summed E-state index contributed by atoms with van der Waals surface area (Å²) in [6.45, 7) is 13.6. The molecule has 2 fully saturated rings. The summed E-state index contributed by atoms with van der Waals surface area (Å²) < 4.78 is 29.5. The zero-order chi connectivity index (χ0) is 32.9. The molecule has 44 heavy (non-hydrogen) atoms. The van der Waals surface area contributed by atoms with Crippen molar-refractivity contribution in [2.75, 3.05) is 39.4 Å². The monoisotopic (exact) mass is 648 g/mol. The molecule has 2 aliphatic rings. The predicted molar refractivity (Wildman–Crippen MR) is 167 cm³/mol. The number of phosphoric ester groups is 1. The molecule has 2 rings (SSSR count). The second-order valence-electron chi connectivity index (χ2n) is 12.9. The number of β-amino-alcohol motifs (C(OH)–C–C–N with tert-alkyl or cyclic N) is 1. The highest BCUT2D eigenvalue weighted by molar-refractivity contribution is 7.47. The minimum Gasteiger partial charge on any atom is -0.391 e. The Labute approximate surface area is 263 Å². The van der Waals surface area contributed by atoms with E-state index in [2.05, 4.69) is 10.6 Å². The number of carbonyl (C=O) groups excluding carboxylic acids is 3. The topological polar surface area (TPSA) is 167 Å². The number of carbonyl (C=O) groups is 3. The van der Waals surface area contributed by atoms with Gasteiger partial charge in [0.1, 0.15) is 5.78 Å². The van der Waals surface area contributed by atoms with Gasteiger partial charge >= 0.3 is 7.82 Å². The van der Waals surface area contributed by atoms with Crippen LogP contribution in [0.15, 0.2) is 0 Å². The van der Waals surface area contributed by atoms with Crippen LogP contribution in [0, 0.1) is 0 Å². The molecule has 5 atom stereocenters. The fraction of sp³-hybridized carbons (Fsp3) is 0.900. The predicted octanol–water partition coefficient (Wildman–Crippen LogP) is 2.38. The van der Waals surface area contributed by atoms with E-state index in [4.69, 9.17) is 13.8 Å². The molecular formula is C30H57N4O9P. The van der Waals surface area contributed by atoms with E-state index in [0.29, 0.717) is 57.3 Å². The summed E-state index contributed by atoms with van der Waals surface area (Å²) >= 11 is 0. The molecule has 256 valence electrons. The summed E-state index contributed by atoms with van der Waals surface area (Å²) in [5, 5.41) is 16.8. The number of Topliss-reactive ketones (excluding diaryl/α,β-unsaturated/α-hetero) is 1. The van der Waals surface area contributed by atoms with Gasteiger partial charge in [-0.15, -0.1) is 0 Å². The molecule has 2 amide bonds. The standard InChI is InChI=1S/C30H57N4O9P/c1-21(2)31-13-7-9-26(35)11-12-30(38)33-17-27(36)15-24(33)20-42-44(39,40)43-28-16-25(19-41-23(5)6)34(18-28)29(37)10-8-14-32-22(3)4/h21-25,27-28,31-32,36H,7-20H2,1-6H3,(H,39,40)/t24-,25-,27+,28+/m0/s1. The van der Waals surface area contributed by atoms with Crippen molar-refractivity contribution in [1.29, 1.82) is 0 Å². The van der Waals surface area contributed by atoms with Crippen LogP contribution in [0.1, 0.15) is 92.9 Å². The number of phosphoric acid groups is 1. The molecule has 1 unspecified atom stereocenters. The van der Waals surface area contributed by atoms with Crippen molar-refractivity contribution < 1.29 is 42.7 Å². The van der Waals surface area contributed by atoms with Gasteiger partial charge in [-0.3, -0.25) is 23.4 Å². The Hall–Kier alpha value is -1.44. The van der Waals surface area contributed by atoms with Crippen LogP contribution in [0.25, 0.3) is 0 Å². The summed E-state index contributed by atoms with van der Waals surface area (Å²) in [4.78, 5) is 51.8. The SMILES string of the molecule is CC(C)NCCCC(=O)CCC(=O)N1C[C@H](O)C[C@H]1COP(=O)(O)O[C@@H]1C[C@@H](COC(C)C)N(C(=O)CCCNC(C)C)C1. The third-order valence-electron chi connectivity index (χ3n) is 7.67. The Kier molecular flexibility index (Phi) is 17.0. The van der Waals surface area contributed by atoms with E-state index in [0.717, 1.165) is 6.54 Å². The third kappa shape index (κ3) is 14.8. The summed E-state index contributed by atoms with van der Waals surface area (Å²) in [7, 11) is -4.55. The molecule has 0 aromatic carbocycles. The van der Waals surface area contributed by atoms with Gasteiger partial charge in [-0.25, -0.2) is 4.57 Å². The van der Waals surface area contributed by atoms with Crippen molar-refractivity contribution in [1.82, 2.24) is 20.4 Å². The van der Waals surface area contributed by atoms with Crippen molar-refractivity contribution in [2.45, 2.75) is 135 Å². The minimum absolute atomic E-state index is 0.00174. The van der Waals surface area contributed by atoms with Gasteiger partial charge in [0.2, 0.25) is 11.8 Å². The quantitative estimate of drug-likeness (QED) is 0.107. The summed E-state index contributed by atoms with van der Waals surface area (Å²) in [5.74, 6) is -0.371. The molecule has 0 bridgehead atoms. The summed E-state index contributed by atoms with van der Waals surface area (Å²) in [6, 6.07) is -0.243. The Morgan fingerprint density at radius 1 is 0.818 bits per heavy atom. The molecule has 0 radical (unpaired) electrons. The van der Waals surface area contributed by atoms with E-state index < -0.39 is 26.1 Å². The van der Waals surface area contributed by atoms with Gasteiger partial charge < -0.3 is 35.2 Å². The lowest BCUT2D eigenvalue weighted by Crippen LogP contribution is -2.39. The molecule has 13 nitrogen and oxygen atoms in total. The number of hydrogen-bond donors (Lipinski definition) is 4. The van der Waals surface area contributed by atoms with Gasteiger partial charge in [0, 0.05) is 50.9 Å². The molecule has 0 aliphatic carbocycles. The lowest BCUT2D eigenvalue weighted by atomic mass is 10.1. The molecule has 0 aromatic heterocycles. The van der Waals surface area contributed by atoms with Gasteiger partial charge in [0.25, 0.3) is 0 Å². The number of likely N-dealkylation sites (tertiary alicyclic amines) is 2. The number of ketones is 1. The van der Waals surface area contributed by atoms with Crippen LogP contribution >= 0.6 is 7.82 Å². The van der Waals surface area contributed by atoms with Gasteiger partial charge in [0.05, 0.1) is 43.6 Å². The molecule has 0 aromatic rings. The number of nitrogens with zero attached hydrogens (tertiary/aromatic N) is 2. The maximum Gasteiger partial charge on any atom is 0.472 e. The smallest absolute Gasteiger partial charge is 0.391 e. The Bertz CT molecular complexity index is 951. The van der Waals surface area contributed by atoms with Gasteiger partial charge in [-0.2, -0.15) is 0 Å². The normalized spacial score (nSPS) is 23.7. The number of hydrogen-bond acceptors (Lipinski definition) is 10. The van der Waals surface area contributed by atoms with E-state index >= 15 is 0 Å². The van der Waals surface area contributed by atoms with E-state index in [1.54, 1.807) is 4.90 Å². The van der Waals surface area contributed by atoms with Crippen LogP contribution in [-0.2, 0) is 32.7 Å². The van der Waals surface area contributed by atoms with Crippen LogP contribution < -0.4 is 10.6 Å². The number of aliphatic hydroxyl groups excluding tert-OH is 1. The lowest BCUT2D eigenvalue weighted by Gasteiger charge is -2.26. The number of ether oxygens (including phenoxy) is 1. The van der Waals surface area contributed by atoms with Gasteiger partial charge in [-0.1, -0.05) is 27.7 Å². The summed E-state index contributed by atoms with van der Waals surface area (Å²) in [5.41, 5.74) is 0. The average molecular weight is 649 g/mol. The zero-order valence-electron chi connectivity index (χ0n) is 27.5. The minimum atomic E-state index is -4.55. The van der Waals surface area contributed by atoms with Crippen LogP contribution in [-0.4, -0.2) is 119 Å². The highest BCUT2D eigenvalue weighted by Gasteiger charge is 2.41. The average Bonchev–Trinajstić information content (AvgIpc) is 3.51. The maximum atomic E-state index is 13.0. The number of amides is 2. The second-order valence-corrected chi connectivity index (χ2v) is 14.3. The number of aliphatic hydroxyl groups is 1. The number of nitrogens with one attached hydrogen (secondary N) is 2. The van der Waals surface area contributed by atoms with Crippen molar-refractivity contribution >= 4 is 25.4 Å². The first kappa shape index (κ1) is 38.7. The maximum absolute atomic E-state index is 13.0. The van der Waals surface area contributed by atoms with Crippen molar-refractivity contribution in [3.8, 4) is 0 Å². The molecular weight excluding hydrogens is 591 g/mol.